The predicted octanol–water partition coefficient (Wildman–Crippen LogP) is -0.195. The van der Waals surface area contributed by atoms with Gasteiger partial charge in [0.25, 0.3) is 0 Å². The molecule has 0 aliphatic carbocycles. The minimum absolute atomic E-state index is 0.00185. The van der Waals surface area contributed by atoms with Crippen molar-refractivity contribution in [3.8, 4) is 0 Å². The molecule has 1 unspecified atom stereocenters. The highest BCUT2D eigenvalue weighted by atomic mass is 16.6. The zero-order valence-corrected chi connectivity index (χ0v) is 11.3. The second-order valence-electron chi connectivity index (χ2n) is 4.99. The second kappa shape index (κ2) is 5.83. The minimum Gasteiger partial charge on any atom is -0.633 e. The van der Waals surface area contributed by atoms with Crippen LogP contribution in [0, 0.1) is 22.2 Å². The maximum absolute atomic E-state index is 12.3. The molecule has 1 aliphatic rings. The van der Waals surface area contributed by atoms with Crippen LogP contribution in [-0.2, 0) is 11.3 Å². The van der Waals surface area contributed by atoms with Gasteiger partial charge in [0, 0.05) is 6.92 Å². The summed E-state index contributed by atoms with van der Waals surface area (Å²) in [6, 6.07) is 0. The van der Waals surface area contributed by atoms with Crippen molar-refractivity contribution in [1.82, 2.24) is 9.55 Å². The fourth-order valence-electron chi connectivity index (χ4n) is 2.34. The topological polar surface area (TPSA) is 113 Å². The summed E-state index contributed by atoms with van der Waals surface area (Å²) in [5, 5.41) is 33.2. The van der Waals surface area contributed by atoms with Gasteiger partial charge in [-0.15, -0.1) is 0 Å². The number of nitro groups is 1. The first-order valence-electron chi connectivity index (χ1n) is 6.41. The summed E-state index contributed by atoms with van der Waals surface area (Å²) in [5.41, 5.74) is 0. The summed E-state index contributed by atoms with van der Waals surface area (Å²) in [4.78, 5) is 14.2. The molecule has 1 atom stereocenters. The van der Waals surface area contributed by atoms with Crippen LogP contribution in [0.25, 0.3) is 0 Å². The molecule has 0 spiro atoms. The van der Waals surface area contributed by atoms with E-state index in [1.54, 1.807) is 6.92 Å². The largest absolute Gasteiger partial charge is 0.633 e. The van der Waals surface area contributed by atoms with Gasteiger partial charge in [-0.25, -0.2) is 9.55 Å². The lowest BCUT2D eigenvalue weighted by Gasteiger charge is -2.45. The minimum atomic E-state index is -0.961. The van der Waals surface area contributed by atoms with E-state index in [9.17, 15) is 20.4 Å². The molecule has 112 valence electrons. The van der Waals surface area contributed by atoms with Crippen LogP contribution in [0.5, 0.6) is 0 Å². The molecule has 0 radical (unpaired) electrons. The van der Waals surface area contributed by atoms with Crippen LogP contribution in [0.2, 0.25) is 0 Å². The quantitative estimate of drug-likeness (QED) is 0.347. The molecule has 1 aromatic heterocycles. The Kier molecular flexibility index (Phi) is 4.33. The third kappa shape index (κ3) is 3.31. The average molecular weight is 286 g/mol. The van der Waals surface area contributed by atoms with E-state index in [-0.39, 0.29) is 18.9 Å². The van der Waals surface area contributed by atoms with Gasteiger partial charge in [0.1, 0.15) is 38.5 Å². The Hall–Kier alpha value is -1.55. The normalized spacial score (nSPS) is 19.8. The summed E-state index contributed by atoms with van der Waals surface area (Å²) in [7, 11) is 0. The van der Waals surface area contributed by atoms with E-state index in [4.69, 9.17) is 4.74 Å². The summed E-state index contributed by atoms with van der Waals surface area (Å²) < 4.78 is 5.91. The van der Waals surface area contributed by atoms with Crippen molar-refractivity contribution in [2.24, 2.45) is 0 Å². The summed E-state index contributed by atoms with van der Waals surface area (Å²) in [6.45, 7) is 2.95. The Morgan fingerprint density at radius 1 is 1.60 bits per heavy atom. The first-order chi connectivity index (χ1) is 9.41. The Balaban J connectivity index is 2.02. The van der Waals surface area contributed by atoms with Gasteiger partial charge < -0.3 is 29.8 Å². The van der Waals surface area contributed by atoms with Crippen LogP contribution < -0.4 is 0 Å². The zero-order chi connectivity index (χ0) is 14.8. The second-order valence-corrected chi connectivity index (χ2v) is 4.99. The first-order valence-corrected chi connectivity index (χ1v) is 6.41. The molecule has 9 nitrogen and oxygen atoms in total. The number of hydrogen-bond donors (Lipinski definition) is 1. The van der Waals surface area contributed by atoms with Crippen molar-refractivity contribution < 1.29 is 19.4 Å². The molecule has 20 heavy (non-hydrogen) atoms. The molecule has 0 aromatic carbocycles. The number of imidazole rings is 1. The van der Waals surface area contributed by atoms with E-state index in [1.807, 2.05) is 0 Å². The number of nitrogens with zero attached hydrogens (tertiary/aromatic N) is 4. The van der Waals surface area contributed by atoms with Crippen LogP contribution in [0.1, 0.15) is 5.82 Å². The molecule has 0 saturated carbocycles. The van der Waals surface area contributed by atoms with Crippen molar-refractivity contribution in [2.45, 2.75) is 19.6 Å². The third-order valence-electron chi connectivity index (χ3n) is 3.44. The maximum atomic E-state index is 12.3. The molecule has 0 amide bonds. The standard InChI is InChI=1S/C11H18N4O5/c1-9-12-6-11(14(17)18)13(9)7-10(16)8-15(19)2-4-20-5-3-15/h6,10,16H,2-5,7-8H2,1H3. The molecule has 1 N–H and O–H groups in total. The molecule has 1 aliphatic heterocycles. The Labute approximate surface area is 115 Å². The SMILES string of the molecule is Cc1ncc([N+](=O)[O-])n1CC(O)C[N+]1([O-])CCOCC1. The molecule has 2 rings (SSSR count). The van der Waals surface area contributed by atoms with Crippen LogP contribution in [0.3, 0.4) is 0 Å². The Bertz CT molecular complexity index is 483. The fraction of sp³-hybridized carbons (Fsp3) is 0.727. The van der Waals surface area contributed by atoms with E-state index in [1.165, 1.54) is 4.57 Å². The lowest BCUT2D eigenvalue weighted by Crippen LogP contribution is -2.54. The number of aliphatic hydroxyl groups excluding tert-OH is 1. The van der Waals surface area contributed by atoms with Gasteiger partial charge in [0.15, 0.2) is 5.82 Å². The van der Waals surface area contributed by atoms with E-state index in [0.29, 0.717) is 32.1 Å². The number of aliphatic hydroxyl groups is 1. The van der Waals surface area contributed by atoms with Gasteiger partial charge in [-0.05, 0) is 4.92 Å². The van der Waals surface area contributed by atoms with Gasteiger partial charge in [0.2, 0.25) is 0 Å². The number of quaternary nitrogens is 1. The van der Waals surface area contributed by atoms with E-state index in [0.717, 1.165) is 6.20 Å². The predicted molar refractivity (Wildman–Crippen MR) is 68.7 cm³/mol. The van der Waals surface area contributed by atoms with Gasteiger partial charge >= 0.3 is 5.82 Å². The lowest BCUT2D eigenvalue weighted by molar-refractivity contribution is -0.891. The van der Waals surface area contributed by atoms with E-state index in [2.05, 4.69) is 4.98 Å². The number of rotatable bonds is 5. The highest BCUT2D eigenvalue weighted by Crippen LogP contribution is 2.16. The number of ether oxygens (including phenoxy) is 1. The van der Waals surface area contributed by atoms with Crippen molar-refractivity contribution in [3.05, 3.63) is 27.3 Å². The molecule has 1 saturated heterocycles. The van der Waals surface area contributed by atoms with Crippen molar-refractivity contribution in [2.75, 3.05) is 32.8 Å². The van der Waals surface area contributed by atoms with Crippen molar-refractivity contribution in [3.63, 3.8) is 0 Å². The molecule has 1 aromatic rings. The lowest BCUT2D eigenvalue weighted by atomic mass is 10.3. The molecule has 0 bridgehead atoms. The Morgan fingerprint density at radius 2 is 2.25 bits per heavy atom. The third-order valence-corrected chi connectivity index (χ3v) is 3.44. The molecular formula is C11H18N4O5. The number of morpholine rings is 1. The zero-order valence-electron chi connectivity index (χ0n) is 11.3. The monoisotopic (exact) mass is 286 g/mol. The first kappa shape index (κ1) is 14.9. The van der Waals surface area contributed by atoms with Crippen molar-refractivity contribution >= 4 is 5.82 Å². The van der Waals surface area contributed by atoms with E-state index < -0.39 is 15.7 Å². The number of aromatic nitrogens is 2. The van der Waals surface area contributed by atoms with Gasteiger partial charge in [-0.2, -0.15) is 0 Å². The summed E-state index contributed by atoms with van der Waals surface area (Å²) in [5.74, 6) is 0.260. The van der Waals surface area contributed by atoms with Gasteiger partial charge in [0.05, 0.1) is 13.2 Å². The molecular weight excluding hydrogens is 268 g/mol. The number of aryl methyl sites for hydroxylation is 1. The average Bonchev–Trinajstić information content (AvgIpc) is 2.71. The summed E-state index contributed by atoms with van der Waals surface area (Å²) >= 11 is 0. The van der Waals surface area contributed by atoms with Crippen molar-refractivity contribution in [1.29, 1.82) is 0 Å². The smallest absolute Gasteiger partial charge is 0.342 e. The summed E-state index contributed by atoms with van der Waals surface area (Å²) in [6.07, 6.45) is 0.190. The van der Waals surface area contributed by atoms with E-state index >= 15 is 0 Å². The Morgan fingerprint density at radius 3 is 2.85 bits per heavy atom. The number of hydrogen-bond acceptors (Lipinski definition) is 6. The van der Waals surface area contributed by atoms with Crippen LogP contribution >= 0.6 is 0 Å². The van der Waals surface area contributed by atoms with Gasteiger partial charge in [-0.1, -0.05) is 0 Å². The van der Waals surface area contributed by atoms with Gasteiger partial charge in [-0.3, -0.25) is 0 Å². The molecule has 1 fully saturated rings. The molecule has 2 heterocycles. The number of hydroxylamine groups is 3. The fourth-order valence-corrected chi connectivity index (χ4v) is 2.34. The highest BCUT2D eigenvalue weighted by Gasteiger charge is 2.28. The highest BCUT2D eigenvalue weighted by molar-refractivity contribution is 5.18. The molecule has 9 heteroatoms. The maximum Gasteiger partial charge on any atom is 0.342 e. The van der Waals surface area contributed by atoms with Crippen LogP contribution in [-0.4, -0.2) is 63.2 Å². The van der Waals surface area contributed by atoms with Crippen LogP contribution in [0.15, 0.2) is 6.20 Å². The van der Waals surface area contributed by atoms with Crippen LogP contribution in [0.4, 0.5) is 5.82 Å².